The first-order chi connectivity index (χ1) is 9.24. The molecule has 0 aliphatic carbocycles. The van der Waals surface area contributed by atoms with Crippen molar-refractivity contribution in [2.45, 2.75) is 13.8 Å². The van der Waals surface area contributed by atoms with Crippen LogP contribution >= 0.6 is 12.2 Å². The Morgan fingerprint density at radius 1 is 1.05 bits per heavy atom. The van der Waals surface area contributed by atoms with Crippen LogP contribution in [0.2, 0.25) is 0 Å². The Morgan fingerprint density at radius 2 is 1.79 bits per heavy atom. The second-order valence-electron chi connectivity index (χ2n) is 3.83. The summed E-state index contributed by atoms with van der Waals surface area (Å²) in [6, 6.07) is 9.46. The fourth-order valence-electron chi connectivity index (χ4n) is 1.72. The molecule has 1 aromatic carbocycles. The second-order valence-corrected chi connectivity index (χ2v) is 4.27. The highest BCUT2D eigenvalue weighted by Crippen LogP contribution is 2.31. The van der Waals surface area contributed by atoms with Crippen LogP contribution in [-0.2, 0) is 0 Å². The minimum Gasteiger partial charge on any atom is -0.490 e. The topological polar surface area (TPSA) is 47.1 Å². The van der Waals surface area contributed by atoms with Gasteiger partial charge in [0.25, 0.3) is 0 Å². The van der Waals surface area contributed by atoms with Gasteiger partial charge in [-0.1, -0.05) is 12.2 Å². The molecule has 19 heavy (non-hydrogen) atoms. The molecule has 0 radical (unpaired) electrons. The Morgan fingerprint density at radius 3 is 2.42 bits per heavy atom. The van der Waals surface area contributed by atoms with Gasteiger partial charge >= 0.3 is 0 Å². The van der Waals surface area contributed by atoms with Gasteiger partial charge in [0.05, 0.1) is 18.9 Å². The van der Waals surface area contributed by atoms with Crippen LogP contribution in [0.15, 0.2) is 30.3 Å². The molecule has 0 atom stereocenters. The maximum atomic E-state index is 5.59. The summed E-state index contributed by atoms with van der Waals surface area (Å²) < 4.78 is 11.7. The molecule has 0 fully saturated rings. The number of aromatic amines is 1. The Labute approximate surface area is 117 Å². The number of rotatable bonds is 5. The van der Waals surface area contributed by atoms with E-state index in [-0.39, 0.29) is 0 Å². The predicted octanol–water partition coefficient (Wildman–Crippen LogP) is 3.60. The maximum Gasteiger partial charge on any atom is 0.161 e. The van der Waals surface area contributed by atoms with E-state index in [0.29, 0.717) is 17.9 Å². The lowest BCUT2D eigenvalue weighted by atomic mass is 10.1. The van der Waals surface area contributed by atoms with Gasteiger partial charge in [0.2, 0.25) is 0 Å². The van der Waals surface area contributed by atoms with E-state index in [1.807, 2.05) is 44.2 Å². The molecule has 2 aromatic rings. The summed E-state index contributed by atoms with van der Waals surface area (Å²) in [5.74, 6) is 1.48. The third kappa shape index (κ3) is 3.32. The van der Waals surface area contributed by atoms with Crippen molar-refractivity contribution in [3.63, 3.8) is 0 Å². The molecule has 2 rings (SSSR count). The zero-order valence-electron chi connectivity index (χ0n) is 11.0. The first-order valence-corrected chi connectivity index (χ1v) is 6.61. The minimum atomic E-state index is 0.591. The van der Waals surface area contributed by atoms with E-state index in [1.54, 1.807) is 0 Å². The van der Waals surface area contributed by atoms with Crippen LogP contribution < -0.4 is 9.47 Å². The first kappa shape index (κ1) is 13.5. The van der Waals surface area contributed by atoms with Crippen molar-refractivity contribution < 1.29 is 9.47 Å². The molecule has 0 spiro atoms. The molecule has 1 heterocycles. The summed E-state index contributed by atoms with van der Waals surface area (Å²) >= 11 is 4.98. The largest absolute Gasteiger partial charge is 0.490 e. The lowest BCUT2D eigenvalue weighted by Crippen LogP contribution is -1.99. The van der Waals surface area contributed by atoms with Crippen molar-refractivity contribution in [2.24, 2.45) is 0 Å². The fourth-order valence-corrected chi connectivity index (χ4v) is 1.83. The fraction of sp³-hybridized carbons (Fsp3) is 0.286. The van der Waals surface area contributed by atoms with Crippen molar-refractivity contribution in [1.29, 1.82) is 0 Å². The monoisotopic (exact) mass is 276 g/mol. The molecule has 4 nitrogen and oxygen atoms in total. The highest BCUT2D eigenvalue weighted by atomic mass is 32.1. The second kappa shape index (κ2) is 6.33. The van der Waals surface area contributed by atoms with Gasteiger partial charge in [-0.2, -0.15) is 5.10 Å². The quantitative estimate of drug-likeness (QED) is 0.848. The molecule has 100 valence electrons. The van der Waals surface area contributed by atoms with Gasteiger partial charge < -0.3 is 9.47 Å². The van der Waals surface area contributed by atoms with Crippen molar-refractivity contribution in [3.8, 4) is 22.8 Å². The van der Waals surface area contributed by atoms with Gasteiger partial charge in [-0.3, -0.25) is 5.10 Å². The minimum absolute atomic E-state index is 0.591. The average molecular weight is 276 g/mol. The van der Waals surface area contributed by atoms with Gasteiger partial charge in [0, 0.05) is 5.56 Å². The first-order valence-electron chi connectivity index (χ1n) is 6.20. The average Bonchev–Trinajstić information content (AvgIpc) is 2.42. The Bertz CT molecular complexity index is 590. The molecule has 0 saturated heterocycles. The number of hydrogen-bond donors (Lipinski definition) is 1. The van der Waals surface area contributed by atoms with Crippen LogP contribution in [0, 0.1) is 4.64 Å². The zero-order chi connectivity index (χ0) is 13.7. The van der Waals surface area contributed by atoms with Gasteiger partial charge in [-0.05, 0) is 44.2 Å². The molecule has 0 aliphatic rings. The lowest BCUT2D eigenvalue weighted by molar-refractivity contribution is 0.288. The van der Waals surface area contributed by atoms with E-state index in [9.17, 15) is 0 Å². The SMILES string of the molecule is CCOc1ccc(-c2ccc(=S)[nH]n2)cc1OCC. The summed E-state index contributed by atoms with van der Waals surface area (Å²) in [6.07, 6.45) is 0. The van der Waals surface area contributed by atoms with E-state index >= 15 is 0 Å². The number of aromatic nitrogens is 2. The van der Waals surface area contributed by atoms with Crippen LogP contribution in [-0.4, -0.2) is 23.4 Å². The number of benzene rings is 1. The maximum absolute atomic E-state index is 5.59. The third-order valence-corrected chi connectivity index (χ3v) is 2.75. The van der Waals surface area contributed by atoms with Crippen molar-refractivity contribution in [3.05, 3.63) is 35.0 Å². The number of ether oxygens (including phenoxy) is 2. The molecule has 0 aliphatic heterocycles. The lowest BCUT2D eigenvalue weighted by Gasteiger charge is -2.12. The van der Waals surface area contributed by atoms with Crippen LogP contribution in [0.1, 0.15) is 13.8 Å². The molecule has 0 saturated carbocycles. The highest BCUT2D eigenvalue weighted by Gasteiger charge is 2.08. The Hall–Kier alpha value is -1.88. The highest BCUT2D eigenvalue weighted by molar-refractivity contribution is 7.71. The Kier molecular flexibility index (Phi) is 4.52. The van der Waals surface area contributed by atoms with Crippen LogP contribution in [0.4, 0.5) is 0 Å². The third-order valence-electron chi connectivity index (χ3n) is 2.52. The summed E-state index contributed by atoms with van der Waals surface area (Å²) in [4.78, 5) is 0. The molecule has 0 amide bonds. The van der Waals surface area contributed by atoms with Gasteiger partial charge in [0.1, 0.15) is 4.64 Å². The van der Waals surface area contributed by atoms with Crippen LogP contribution in [0.3, 0.4) is 0 Å². The molecule has 1 N–H and O–H groups in total. The molecule has 0 bridgehead atoms. The van der Waals surface area contributed by atoms with Gasteiger partial charge in [-0.15, -0.1) is 0 Å². The summed E-state index contributed by atoms with van der Waals surface area (Å²) in [7, 11) is 0. The summed E-state index contributed by atoms with van der Waals surface area (Å²) in [6.45, 7) is 5.09. The number of nitrogens with one attached hydrogen (secondary N) is 1. The van der Waals surface area contributed by atoms with E-state index in [0.717, 1.165) is 22.8 Å². The van der Waals surface area contributed by atoms with E-state index < -0.39 is 0 Å². The number of hydrogen-bond acceptors (Lipinski definition) is 4. The van der Waals surface area contributed by atoms with E-state index in [1.165, 1.54) is 0 Å². The summed E-state index contributed by atoms with van der Waals surface area (Å²) in [5, 5.41) is 6.98. The van der Waals surface area contributed by atoms with Gasteiger partial charge in [0.15, 0.2) is 11.5 Å². The number of H-pyrrole nitrogens is 1. The molecular formula is C14H16N2O2S. The zero-order valence-corrected chi connectivity index (χ0v) is 11.8. The number of nitrogens with zero attached hydrogens (tertiary/aromatic N) is 1. The molecule has 5 heteroatoms. The standard InChI is InChI=1S/C14H16N2O2S/c1-3-17-12-7-5-10(9-13(12)18-4-2)11-6-8-14(19)16-15-11/h5-9H,3-4H2,1-2H3,(H,16,19). The van der Waals surface area contributed by atoms with Crippen molar-refractivity contribution in [2.75, 3.05) is 13.2 Å². The van der Waals surface area contributed by atoms with Crippen molar-refractivity contribution in [1.82, 2.24) is 10.2 Å². The molecular weight excluding hydrogens is 260 g/mol. The van der Waals surface area contributed by atoms with Crippen molar-refractivity contribution >= 4 is 12.2 Å². The molecule has 1 aromatic heterocycles. The molecule has 0 unspecified atom stereocenters. The van der Waals surface area contributed by atoms with Crippen LogP contribution in [0.5, 0.6) is 11.5 Å². The summed E-state index contributed by atoms with van der Waals surface area (Å²) in [5.41, 5.74) is 1.77. The van der Waals surface area contributed by atoms with Gasteiger partial charge in [-0.25, -0.2) is 0 Å². The smallest absolute Gasteiger partial charge is 0.161 e. The van der Waals surface area contributed by atoms with E-state index in [2.05, 4.69) is 10.2 Å². The predicted molar refractivity (Wildman–Crippen MR) is 77.2 cm³/mol. The Balaban J connectivity index is 2.39. The van der Waals surface area contributed by atoms with E-state index in [4.69, 9.17) is 21.7 Å². The normalized spacial score (nSPS) is 10.2. The van der Waals surface area contributed by atoms with Crippen LogP contribution in [0.25, 0.3) is 11.3 Å².